The molecule has 1 rings (SSSR count). The molecule has 0 radical (unpaired) electrons. The molecule has 1 saturated heterocycles. The number of hydrogen-bond acceptors (Lipinski definition) is 5. The molecule has 0 bridgehead atoms. The molecule has 0 aromatic heterocycles. The molecule has 0 spiro atoms. The van der Waals surface area contributed by atoms with E-state index in [0.717, 1.165) is 50.9 Å². The van der Waals surface area contributed by atoms with Gasteiger partial charge in [0.15, 0.2) is 0 Å². The molecule has 0 aliphatic carbocycles. The molecule has 1 N–H and O–H groups in total. The van der Waals surface area contributed by atoms with Crippen LogP contribution in [-0.4, -0.2) is 50.6 Å². The maximum absolute atomic E-state index is 11.8. The molecule has 1 fully saturated rings. The maximum Gasteiger partial charge on any atom is 0.219 e. The number of halogens is 1. The molecular weight excluding hydrogens is 356 g/mol. The molecule has 0 saturated carbocycles. The lowest BCUT2D eigenvalue weighted by atomic mass is 10.1. The fourth-order valence-corrected chi connectivity index (χ4v) is 3.76. The molecule has 9 heteroatoms. The second kappa shape index (κ2) is 11.5. The van der Waals surface area contributed by atoms with Gasteiger partial charge in [0.1, 0.15) is 0 Å². The third-order valence-corrected chi connectivity index (χ3v) is 5.71. The zero-order valence-electron chi connectivity index (χ0n) is 14.9. The normalized spacial score (nSPS) is 18.0. The Morgan fingerprint density at radius 2 is 1.83 bits per heavy atom. The van der Waals surface area contributed by atoms with Crippen molar-refractivity contribution in [2.45, 2.75) is 44.9 Å². The molecule has 0 atom stereocenters. The van der Waals surface area contributed by atoms with Crippen molar-refractivity contribution in [3.63, 3.8) is 0 Å². The quantitative estimate of drug-likeness (QED) is 0.163. The molecule has 1 aliphatic heterocycles. The molecule has 144 valence electrons. The summed E-state index contributed by atoms with van der Waals surface area (Å²) in [7, 11) is 3.41. The molecule has 1 heterocycles. The first-order valence-electron chi connectivity index (χ1n) is 8.37. The van der Waals surface area contributed by atoms with Crippen LogP contribution in [0.5, 0.6) is 0 Å². The number of carbonyl (C=O) groups is 1. The molecule has 0 aromatic rings. The van der Waals surface area contributed by atoms with E-state index in [1.54, 1.807) is 0 Å². The lowest BCUT2D eigenvalue weighted by molar-refractivity contribution is -0.853. The van der Waals surface area contributed by atoms with Crippen LogP contribution in [0.15, 0.2) is 0 Å². The Morgan fingerprint density at radius 1 is 1.17 bits per heavy atom. The number of amides is 1. The van der Waals surface area contributed by atoms with E-state index in [0.29, 0.717) is 17.4 Å². The summed E-state index contributed by atoms with van der Waals surface area (Å²) >= 11 is 5.63. The fourth-order valence-electron chi connectivity index (χ4n) is 2.33. The molecular formula is C15H31ClN2O5S. The Bertz CT molecular complexity index is 364. The number of unbranched alkanes of at least 4 members (excludes halogenated alkanes) is 4. The summed E-state index contributed by atoms with van der Waals surface area (Å²) in [6.45, 7) is 1.48. The SMILES string of the molecule is COS1([CH-][N+](C)(C)CCCNC(=O)CCCCCCCCl)OOO1. The number of nitrogens with zero attached hydrogens (tertiary/aromatic N) is 1. The van der Waals surface area contributed by atoms with Gasteiger partial charge in [0.2, 0.25) is 5.91 Å². The lowest BCUT2D eigenvalue weighted by Crippen LogP contribution is -2.43. The third-order valence-electron chi connectivity index (χ3n) is 3.66. The van der Waals surface area contributed by atoms with E-state index in [1.165, 1.54) is 7.11 Å². The number of carbonyl (C=O) groups excluding carboxylic acids is 1. The first-order valence-corrected chi connectivity index (χ1v) is 10.4. The number of quaternary nitrogens is 1. The van der Waals surface area contributed by atoms with Crippen molar-refractivity contribution < 1.29 is 27.2 Å². The Labute approximate surface area is 152 Å². The Hall–Kier alpha value is -0.0900. The number of nitrogens with one attached hydrogen (secondary N) is 1. The summed E-state index contributed by atoms with van der Waals surface area (Å²) in [6, 6.07) is 0. The van der Waals surface area contributed by atoms with Crippen molar-refractivity contribution in [3.05, 3.63) is 5.88 Å². The molecule has 0 unspecified atom stereocenters. The van der Waals surface area contributed by atoms with E-state index in [2.05, 4.69) is 10.4 Å². The number of alkyl halides is 1. The zero-order chi connectivity index (χ0) is 17.9. The van der Waals surface area contributed by atoms with Crippen molar-refractivity contribution in [3.8, 4) is 0 Å². The monoisotopic (exact) mass is 386 g/mol. The van der Waals surface area contributed by atoms with Crippen molar-refractivity contribution in [1.82, 2.24) is 5.32 Å². The molecule has 24 heavy (non-hydrogen) atoms. The van der Waals surface area contributed by atoms with Crippen LogP contribution in [0.2, 0.25) is 0 Å². The van der Waals surface area contributed by atoms with Gasteiger partial charge in [-0.25, -0.2) is 0 Å². The molecule has 1 amide bonds. The Morgan fingerprint density at radius 3 is 2.42 bits per heavy atom. The predicted molar refractivity (Wildman–Crippen MR) is 95.2 cm³/mol. The smallest absolute Gasteiger partial charge is 0.219 e. The second-order valence-corrected chi connectivity index (χ2v) is 8.56. The molecule has 7 nitrogen and oxygen atoms in total. The lowest BCUT2D eigenvalue weighted by Gasteiger charge is -2.52. The van der Waals surface area contributed by atoms with Crippen LogP contribution in [0.4, 0.5) is 0 Å². The minimum Gasteiger partial charge on any atom is -0.447 e. The molecule has 0 aromatic carbocycles. The zero-order valence-corrected chi connectivity index (χ0v) is 16.5. The van der Waals surface area contributed by atoms with Gasteiger partial charge in [-0.05, 0) is 23.8 Å². The van der Waals surface area contributed by atoms with Gasteiger partial charge in [-0.15, -0.1) is 20.3 Å². The fraction of sp³-hybridized carbons (Fsp3) is 0.867. The van der Waals surface area contributed by atoms with Gasteiger partial charge in [0.25, 0.3) is 0 Å². The minimum atomic E-state index is -2.14. The second-order valence-electron chi connectivity index (χ2n) is 6.38. The minimum absolute atomic E-state index is 0.125. The average molecular weight is 387 g/mol. The maximum atomic E-state index is 11.8. The van der Waals surface area contributed by atoms with Crippen molar-refractivity contribution in [2.75, 3.05) is 40.2 Å². The van der Waals surface area contributed by atoms with Crippen molar-refractivity contribution >= 4 is 28.4 Å². The van der Waals surface area contributed by atoms with E-state index in [1.807, 2.05) is 20.0 Å². The van der Waals surface area contributed by atoms with E-state index in [-0.39, 0.29) is 5.91 Å². The summed E-state index contributed by atoms with van der Waals surface area (Å²) in [5.74, 6) is 2.70. The van der Waals surface area contributed by atoms with Gasteiger partial charge < -0.3 is 14.0 Å². The summed E-state index contributed by atoms with van der Waals surface area (Å²) in [6.07, 6.45) is 6.85. The van der Waals surface area contributed by atoms with Gasteiger partial charge in [-0.2, -0.15) is 0 Å². The van der Waals surface area contributed by atoms with Crippen LogP contribution in [-0.2, 0) is 22.7 Å². The highest BCUT2D eigenvalue weighted by molar-refractivity contribution is 8.23. The molecule has 1 aliphatic rings. The van der Waals surface area contributed by atoms with Gasteiger partial charge >= 0.3 is 0 Å². The topological polar surface area (TPSA) is 66.0 Å². The standard InChI is InChI=1S/C15H31ClN2O5S/c1-18(2,14-24(20-3)22-21-23-24)13-9-12-17-15(19)10-7-5-4-6-8-11-16/h14H,4-13H2,1-3H3,(H,17,19). The van der Waals surface area contributed by atoms with Crippen LogP contribution in [0.3, 0.4) is 0 Å². The predicted octanol–water partition coefficient (Wildman–Crippen LogP) is 3.36. The van der Waals surface area contributed by atoms with Gasteiger partial charge in [-0.1, -0.05) is 19.3 Å². The Kier molecular flexibility index (Phi) is 10.5. The van der Waals surface area contributed by atoms with Gasteiger partial charge in [-0.3, -0.25) is 4.79 Å². The first kappa shape index (κ1) is 22.0. The van der Waals surface area contributed by atoms with E-state index in [9.17, 15) is 4.79 Å². The average Bonchev–Trinajstić information content (AvgIpc) is 2.51. The van der Waals surface area contributed by atoms with E-state index < -0.39 is 10.9 Å². The van der Waals surface area contributed by atoms with E-state index >= 15 is 0 Å². The summed E-state index contributed by atoms with van der Waals surface area (Å²) in [5, 5.41) is 7.27. The summed E-state index contributed by atoms with van der Waals surface area (Å²) in [5.41, 5.74) is 0. The third kappa shape index (κ3) is 8.84. The summed E-state index contributed by atoms with van der Waals surface area (Å²) in [4.78, 5) is 11.8. The summed E-state index contributed by atoms with van der Waals surface area (Å²) < 4.78 is 15.6. The first-order chi connectivity index (χ1) is 11.4. The largest absolute Gasteiger partial charge is 0.447 e. The highest BCUT2D eigenvalue weighted by atomic mass is 35.5. The van der Waals surface area contributed by atoms with Crippen molar-refractivity contribution in [1.29, 1.82) is 0 Å². The highest BCUT2D eigenvalue weighted by Gasteiger charge is 2.36. The van der Waals surface area contributed by atoms with Crippen LogP contribution in [0.25, 0.3) is 0 Å². The van der Waals surface area contributed by atoms with Crippen molar-refractivity contribution in [2.24, 2.45) is 0 Å². The van der Waals surface area contributed by atoms with E-state index in [4.69, 9.17) is 24.5 Å². The van der Waals surface area contributed by atoms with Crippen LogP contribution in [0, 0.1) is 5.88 Å². The van der Waals surface area contributed by atoms with Crippen LogP contribution in [0.1, 0.15) is 44.9 Å². The van der Waals surface area contributed by atoms with Crippen LogP contribution < -0.4 is 5.32 Å². The van der Waals surface area contributed by atoms with Gasteiger partial charge in [0, 0.05) is 39.4 Å². The number of hydrogen-bond donors (Lipinski definition) is 1. The number of rotatable bonds is 14. The highest BCUT2D eigenvalue weighted by Crippen LogP contribution is 2.62. The van der Waals surface area contributed by atoms with Gasteiger partial charge in [0.05, 0.1) is 24.5 Å². The van der Waals surface area contributed by atoms with Crippen LogP contribution >= 0.6 is 22.5 Å². The Balaban J connectivity index is 2.04.